The molecule has 7 heteroatoms. The molecule has 0 spiro atoms. The van der Waals surface area contributed by atoms with Crippen molar-refractivity contribution < 1.29 is 4.52 Å². The van der Waals surface area contributed by atoms with Gasteiger partial charge < -0.3 is 15.2 Å². The van der Waals surface area contributed by atoms with Gasteiger partial charge in [-0.3, -0.25) is 10.8 Å². The number of nitrogens with zero attached hydrogens (tertiary/aromatic N) is 3. The highest BCUT2D eigenvalue weighted by Gasteiger charge is 2.24. The van der Waals surface area contributed by atoms with Gasteiger partial charge in [0.05, 0.1) is 5.69 Å². The van der Waals surface area contributed by atoms with Gasteiger partial charge in [-0.15, -0.1) is 0 Å². The number of aromatic nitrogens is 1. The molecule has 0 aromatic carbocycles. The quantitative estimate of drug-likeness (QED) is 0.475. The summed E-state index contributed by atoms with van der Waals surface area (Å²) in [7, 11) is 3.38. The molecule has 0 radical (unpaired) electrons. The van der Waals surface area contributed by atoms with E-state index in [4.69, 9.17) is 21.1 Å². The second kappa shape index (κ2) is 4.21. The Hall–Kier alpha value is -2.05. The number of guanidine groups is 2. The van der Waals surface area contributed by atoms with Crippen LogP contribution in [0, 0.1) is 24.7 Å². The summed E-state index contributed by atoms with van der Waals surface area (Å²) < 4.78 is 5.08. The van der Waals surface area contributed by atoms with Gasteiger partial charge in [-0.2, -0.15) is 0 Å². The van der Waals surface area contributed by atoms with Gasteiger partial charge in [-0.1, -0.05) is 5.16 Å². The molecule has 1 aromatic rings. The topological polar surface area (TPSA) is 106 Å². The van der Waals surface area contributed by atoms with Crippen LogP contribution in [0.1, 0.15) is 11.3 Å². The molecule has 4 N–H and O–H groups in total. The van der Waals surface area contributed by atoms with E-state index in [0.29, 0.717) is 11.6 Å². The van der Waals surface area contributed by atoms with Gasteiger partial charge in [0.25, 0.3) is 0 Å². The minimum absolute atomic E-state index is 0.0479. The summed E-state index contributed by atoms with van der Waals surface area (Å²) >= 11 is 0. The predicted octanol–water partition coefficient (Wildman–Crippen LogP) is 0.488. The van der Waals surface area contributed by atoms with Crippen LogP contribution >= 0.6 is 0 Å². The summed E-state index contributed by atoms with van der Waals surface area (Å²) in [5, 5.41) is 19.1. The van der Waals surface area contributed by atoms with Crippen molar-refractivity contribution in [2.75, 3.05) is 19.0 Å². The molecule has 0 aliphatic rings. The summed E-state index contributed by atoms with van der Waals surface area (Å²) in [6.07, 6.45) is 0. The first kappa shape index (κ1) is 12.0. The molecule has 0 unspecified atom stereocenters. The highest BCUT2D eigenvalue weighted by Crippen LogP contribution is 2.22. The lowest BCUT2D eigenvalue weighted by atomic mass is 10.3. The maximum Gasteiger partial charge on any atom is 0.244 e. The van der Waals surface area contributed by atoms with Crippen molar-refractivity contribution >= 4 is 17.8 Å². The Morgan fingerprint density at radius 3 is 2.19 bits per heavy atom. The molecule has 7 nitrogen and oxygen atoms in total. The molecule has 0 aliphatic carbocycles. The zero-order valence-electron chi connectivity index (χ0n) is 9.83. The summed E-state index contributed by atoms with van der Waals surface area (Å²) in [6, 6.07) is 0. The first-order valence-corrected chi connectivity index (χ1v) is 4.69. The number of nitrogens with one attached hydrogen (secondary N) is 2. The Morgan fingerprint density at radius 2 is 1.88 bits per heavy atom. The molecule has 0 saturated carbocycles. The molecule has 1 heterocycles. The average molecular weight is 224 g/mol. The van der Waals surface area contributed by atoms with Crippen LogP contribution in [-0.4, -0.2) is 36.1 Å². The number of anilines is 1. The number of hydrogen-bond donors (Lipinski definition) is 3. The standard InChI is InChI=1S/C9H16N6O/c1-5-6(2)13-16-7(5)15(8(10)11)9(12)14(3)4/h12H,1-4H3,(H3,10,11). The first-order chi connectivity index (χ1) is 7.36. The molecule has 16 heavy (non-hydrogen) atoms. The van der Waals surface area contributed by atoms with E-state index < -0.39 is 0 Å². The van der Waals surface area contributed by atoms with Gasteiger partial charge in [0.2, 0.25) is 17.8 Å². The van der Waals surface area contributed by atoms with Crippen molar-refractivity contribution in [3.8, 4) is 0 Å². The maximum atomic E-state index is 7.82. The fraction of sp³-hybridized carbons (Fsp3) is 0.444. The van der Waals surface area contributed by atoms with Crippen molar-refractivity contribution in [2.24, 2.45) is 5.73 Å². The molecular formula is C9H16N6O. The number of rotatable bonds is 1. The van der Waals surface area contributed by atoms with E-state index in [9.17, 15) is 0 Å². The summed E-state index contributed by atoms with van der Waals surface area (Å²) in [5.74, 6) is 0.0772. The van der Waals surface area contributed by atoms with Gasteiger partial charge in [-0.25, -0.2) is 4.90 Å². The van der Waals surface area contributed by atoms with Crippen LogP contribution in [0.25, 0.3) is 0 Å². The first-order valence-electron chi connectivity index (χ1n) is 4.69. The van der Waals surface area contributed by atoms with Crippen molar-refractivity contribution in [1.29, 1.82) is 10.8 Å². The van der Waals surface area contributed by atoms with Gasteiger partial charge in [0.1, 0.15) is 0 Å². The van der Waals surface area contributed by atoms with E-state index in [1.54, 1.807) is 27.9 Å². The van der Waals surface area contributed by atoms with Crippen LogP contribution in [0.5, 0.6) is 0 Å². The van der Waals surface area contributed by atoms with Crippen LogP contribution in [0.3, 0.4) is 0 Å². The molecule has 1 rings (SSSR count). The molecule has 88 valence electrons. The monoisotopic (exact) mass is 224 g/mol. The Kier molecular flexibility index (Phi) is 3.17. The van der Waals surface area contributed by atoms with Gasteiger partial charge in [-0.05, 0) is 13.8 Å². The molecule has 0 atom stereocenters. The third kappa shape index (κ3) is 1.97. The minimum Gasteiger partial charge on any atom is -0.369 e. The van der Waals surface area contributed by atoms with Crippen LogP contribution in [-0.2, 0) is 0 Å². The third-order valence-electron chi connectivity index (χ3n) is 2.21. The lowest BCUT2D eigenvalue weighted by Gasteiger charge is -2.24. The van der Waals surface area contributed by atoms with Crippen molar-refractivity contribution in [2.45, 2.75) is 13.8 Å². The Morgan fingerprint density at radius 1 is 1.31 bits per heavy atom. The van der Waals surface area contributed by atoms with E-state index in [2.05, 4.69) is 5.16 Å². The largest absolute Gasteiger partial charge is 0.369 e. The summed E-state index contributed by atoms with van der Waals surface area (Å²) in [4.78, 5) is 2.72. The van der Waals surface area contributed by atoms with E-state index in [0.717, 1.165) is 5.56 Å². The number of aryl methyl sites for hydroxylation is 1. The zero-order valence-corrected chi connectivity index (χ0v) is 9.83. The summed E-state index contributed by atoms with van der Waals surface area (Å²) in [6.45, 7) is 3.60. The predicted molar refractivity (Wildman–Crippen MR) is 61.8 cm³/mol. The molecule has 1 aromatic heterocycles. The molecule has 0 bridgehead atoms. The molecule has 0 saturated heterocycles. The van der Waals surface area contributed by atoms with Gasteiger partial charge >= 0.3 is 0 Å². The maximum absolute atomic E-state index is 7.82. The highest BCUT2D eigenvalue weighted by atomic mass is 16.5. The van der Waals surface area contributed by atoms with Gasteiger partial charge in [0.15, 0.2) is 0 Å². The van der Waals surface area contributed by atoms with E-state index in [1.165, 1.54) is 9.80 Å². The van der Waals surface area contributed by atoms with Crippen LogP contribution < -0.4 is 10.6 Å². The van der Waals surface area contributed by atoms with Gasteiger partial charge in [0, 0.05) is 19.7 Å². The fourth-order valence-corrected chi connectivity index (χ4v) is 1.13. The number of nitrogens with two attached hydrogens (primary N) is 1. The highest BCUT2D eigenvalue weighted by molar-refractivity contribution is 6.14. The van der Waals surface area contributed by atoms with E-state index in [-0.39, 0.29) is 11.9 Å². The SMILES string of the molecule is Cc1noc(N(C(=N)N)C(=N)N(C)C)c1C. The van der Waals surface area contributed by atoms with E-state index in [1.807, 2.05) is 0 Å². The smallest absolute Gasteiger partial charge is 0.244 e. The van der Waals surface area contributed by atoms with Crippen LogP contribution in [0.2, 0.25) is 0 Å². The van der Waals surface area contributed by atoms with Crippen molar-refractivity contribution in [3.63, 3.8) is 0 Å². The fourth-order valence-electron chi connectivity index (χ4n) is 1.13. The lowest BCUT2D eigenvalue weighted by molar-refractivity contribution is 0.422. The molecular weight excluding hydrogens is 208 g/mol. The minimum atomic E-state index is -0.280. The van der Waals surface area contributed by atoms with Crippen LogP contribution in [0.4, 0.5) is 5.88 Å². The van der Waals surface area contributed by atoms with E-state index >= 15 is 0 Å². The molecule has 0 aliphatic heterocycles. The molecule has 0 amide bonds. The van der Waals surface area contributed by atoms with Crippen LogP contribution in [0.15, 0.2) is 4.52 Å². The Labute approximate surface area is 93.8 Å². The second-order valence-corrected chi connectivity index (χ2v) is 3.64. The Balaban J connectivity index is 3.18. The lowest BCUT2D eigenvalue weighted by Crippen LogP contribution is -2.47. The second-order valence-electron chi connectivity index (χ2n) is 3.64. The average Bonchev–Trinajstić information content (AvgIpc) is 2.49. The summed E-state index contributed by atoms with van der Waals surface area (Å²) in [5.41, 5.74) is 6.92. The normalized spacial score (nSPS) is 10.0. The number of hydrogen-bond acceptors (Lipinski definition) is 4. The zero-order chi connectivity index (χ0) is 12.5. The van der Waals surface area contributed by atoms with Crippen molar-refractivity contribution in [3.05, 3.63) is 11.3 Å². The molecule has 0 fully saturated rings. The Bertz CT molecular complexity index is 422. The van der Waals surface area contributed by atoms with Crippen molar-refractivity contribution in [1.82, 2.24) is 10.1 Å². The third-order valence-corrected chi connectivity index (χ3v) is 2.21.